The Morgan fingerprint density at radius 2 is 1.73 bits per heavy atom. The Balaban J connectivity index is 0.00000196. The molecular formula is C11H16ClNO2. The molecule has 0 aliphatic carbocycles. The molecular weight excluding hydrogens is 214 g/mol. The molecule has 1 unspecified atom stereocenters. The summed E-state index contributed by atoms with van der Waals surface area (Å²) in [6.45, 7) is 3.81. The largest absolute Gasteiger partial charge is 0.508 e. The zero-order valence-corrected chi connectivity index (χ0v) is 9.62. The van der Waals surface area contributed by atoms with Gasteiger partial charge in [0.2, 0.25) is 0 Å². The van der Waals surface area contributed by atoms with E-state index >= 15 is 0 Å². The number of phenolic OH excluding ortho intramolecular Hbond substituents is 1. The van der Waals surface area contributed by atoms with Crippen LogP contribution in [0.2, 0.25) is 0 Å². The molecule has 0 heterocycles. The van der Waals surface area contributed by atoms with Crippen LogP contribution in [0.5, 0.6) is 5.75 Å². The molecule has 1 aromatic carbocycles. The predicted molar refractivity (Wildman–Crippen MR) is 62.5 cm³/mol. The van der Waals surface area contributed by atoms with Crippen LogP contribution < -0.4 is 5.73 Å². The number of hydrogen-bond acceptors (Lipinski definition) is 3. The molecule has 3 nitrogen and oxygen atoms in total. The molecule has 0 fully saturated rings. The van der Waals surface area contributed by atoms with Gasteiger partial charge in [0.25, 0.3) is 0 Å². The Kier molecular flexibility index (Phi) is 5.33. The van der Waals surface area contributed by atoms with Gasteiger partial charge in [0.05, 0.1) is 6.04 Å². The summed E-state index contributed by atoms with van der Waals surface area (Å²) in [6, 6.07) is 5.67. The van der Waals surface area contributed by atoms with Crippen LogP contribution in [0.25, 0.3) is 0 Å². The lowest BCUT2D eigenvalue weighted by molar-refractivity contribution is 0.0940. The van der Waals surface area contributed by atoms with Crippen molar-refractivity contribution in [1.29, 1.82) is 0 Å². The van der Waals surface area contributed by atoms with Gasteiger partial charge in [-0.2, -0.15) is 0 Å². The molecule has 0 aliphatic heterocycles. The second kappa shape index (κ2) is 5.73. The molecule has 15 heavy (non-hydrogen) atoms. The quantitative estimate of drug-likeness (QED) is 0.779. The fourth-order valence-corrected chi connectivity index (χ4v) is 1.12. The van der Waals surface area contributed by atoms with Crippen molar-refractivity contribution < 1.29 is 9.90 Å². The lowest BCUT2D eigenvalue weighted by Crippen LogP contribution is -2.35. The fraction of sp³-hybridized carbons (Fsp3) is 0.364. The molecule has 0 radical (unpaired) electrons. The third-order valence-corrected chi connectivity index (χ3v) is 2.17. The lowest BCUT2D eigenvalue weighted by Gasteiger charge is -2.13. The highest BCUT2D eigenvalue weighted by atomic mass is 35.5. The second-order valence-electron chi connectivity index (χ2n) is 3.68. The van der Waals surface area contributed by atoms with Gasteiger partial charge in [-0.25, -0.2) is 0 Å². The second-order valence-corrected chi connectivity index (χ2v) is 3.68. The van der Waals surface area contributed by atoms with E-state index < -0.39 is 6.04 Å². The van der Waals surface area contributed by atoms with Crippen LogP contribution in [0.3, 0.4) is 0 Å². The molecule has 3 N–H and O–H groups in total. The summed E-state index contributed by atoms with van der Waals surface area (Å²) in [6.07, 6.45) is 0. The van der Waals surface area contributed by atoms with Gasteiger partial charge in [-0.1, -0.05) is 13.8 Å². The lowest BCUT2D eigenvalue weighted by atomic mass is 9.96. The minimum Gasteiger partial charge on any atom is -0.508 e. The van der Waals surface area contributed by atoms with Crippen LogP contribution in [0.4, 0.5) is 0 Å². The molecule has 1 aromatic rings. The first-order valence-corrected chi connectivity index (χ1v) is 4.61. The first-order chi connectivity index (χ1) is 6.52. The van der Waals surface area contributed by atoms with Gasteiger partial charge in [-0.05, 0) is 30.2 Å². The maximum atomic E-state index is 11.7. The number of ketones is 1. The topological polar surface area (TPSA) is 63.3 Å². The average Bonchev–Trinajstić information content (AvgIpc) is 2.16. The number of carbonyl (C=O) groups is 1. The van der Waals surface area contributed by atoms with Gasteiger partial charge in [0.1, 0.15) is 5.75 Å². The Bertz CT molecular complexity index is 322. The Morgan fingerprint density at radius 1 is 1.27 bits per heavy atom. The monoisotopic (exact) mass is 229 g/mol. The molecule has 0 bridgehead atoms. The van der Waals surface area contributed by atoms with E-state index in [0.29, 0.717) is 5.56 Å². The third kappa shape index (κ3) is 3.53. The molecule has 0 aliphatic rings. The number of phenols is 1. The summed E-state index contributed by atoms with van der Waals surface area (Å²) in [4.78, 5) is 11.7. The summed E-state index contributed by atoms with van der Waals surface area (Å²) < 4.78 is 0. The maximum absolute atomic E-state index is 11.7. The van der Waals surface area contributed by atoms with E-state index in [1.807, 2.05) is 13.8 Å². The minimum absolute atomic E-state index is 0. The van der Waals surface area contributed by atoms with Crippen molar-refractivity contribution in [1.82, 2.24) is 0 Å². The fourth-order valence-electron chi connectivity index (χ4n) is 1.12. The standard InChI is InChI=1S/C11H15NO2.ClH/c1-7(2)10(12)11(14)8-3-5-9(13)6-4-8;/h3-7,10,13H,12H2,1-2H3;1H. The number of aromatic hydroxyl groups is 1. The van der Waals surface area contributed by atoms with Gasteiger partial charge in [0.15, 0.2) is 5.78 Å². The maximum Gasteiger partial charge on any atom is 0.179 e. The van der Waals surface area contributed by atoms with Crippen molar-refractivity contribution in [3.63, 3.8) is 0 Å². The average molecular weight is 230 g/mol. The number of halogens is 1. The summed E-state index contributed by atoms with van der Waals surface area (Å²) in [5.41, 5.74) is 6.26. The number of rotatable bonds is 3. The zero-order chi connectivity index (χ0) is 10.7. The summed E-state index contributed by atoms with van der Waals surface area (Å²) in [7, 11) is 0. The van der Waals surface area contributed by atoms with Crippen molar-refractivity contribution in [3.05, 3.63) is 29.8 Å². The third-order valence-electron chi connectivity index (χ3n) is 2.17. The first kappa shape index (κ1) is 13.9. The highest BCUT2D eigenvalue weighted by Gasteiger charge is 2.18. The Morgan fingerprint density at radius 3 is 2.13 bits per heavy atom. The molecule has 1 rings (SSSR count). The van der Waals surface area contributed by atoms with E-state index in [0.717, 1.165) is 0 Å². The summed E-state index contributed by atoms with van der Waals surface area (Å²) >= 11 is 0. The van der Waals surface area contributed by atoms with E-state index in [1.54, 1.807) is 12.1 Å². The van der Waals surface area contributed by atoms with E-state index in [-0.39, 0.29) is 29.9 Å². The molecule has 0 spiro atoms. The highest BCUT2D eigenvalue weighted by Crippen LogP contribution is 2.13. The molecule has 4 heteroatoms. The van der Waals surface area contributed by atoms with E-state index in [4.69, 9.17) is 10.8 Å². The molecule has 0 amide bonds. The van der Waals surface area contributed by atoms with Crippen molar-refractivity contribution >= 4 is 18.2 Å². The van der Waals surface area contributed by atoms with E-state index in [9.17, 15) is 4.79 Å². The highest BCUT2D eigenvalue weighted by molar-refractivity contribution is 6.00. The zero-order valence-electron chi connectivity index (χ0n) is 8.81. The molecule has 0 saturated heterocycles. The van der Waals surface area contributed by atoms with Crippen LogP contribution in [-0.2, 0) is 0 Å². The van der Waals surface area contributed by atoms with E-state index in [2.05, 4.69) is 0 Å². The number of nitrogens with two attached hydrogens (primary N) is 1. The van der Waals surface area contributed by atoms with Crippen LogP contribution in [0, 0.1) is 5.92 Å². The van der Waals surface area contributed by atoms with Crippen molar-refractivity contribution in [2.24, 2.45) is 11.7 Å². The van der Waals surface area contributed by atoms with Gasteiger partial charge >= 0.3 is 0 Å². The van der Waals surface area contributed by atoms with Gasteiger partial charge < -0.3 is 10.8 Å². The van der Waals surface area contributed by atoms with Gasteiger partial charge in [-0.15, -0.1) is 12.4 Å². The first-order valence-electron chi connectivity index (χ1n) is 4.61. The number of hydrogen-bond donors (Lipinski definition) is 2. The number of carbonyl (C=O) groups excluding carboxylic acids is 1. The summed E-state index contributed by atoms with van der Waals surface area (Å²) in [5.74, 6) is 0.191. The number of Topliss-reactive ketones (excluding diaryl/α,β-unsaturated/α-hetero) is 1. The Hall–Kier alpha value is -1.06. The van der Waals surface area contributed by atoms with Crippen LogP contribution in [0.1, 0.15) is 24.2 Å². The van der Waals surface area contributed by atoms with Crippen molar-refractivity contribution in [2.75, 3.05) is 0 Å². The summed E-state index contributed by atoms with van der Waals surface area (Å²) in [5, 5.41) is 9.04. The predicted octanol–water partition coefficient (Wildman–Crippen LogP) is 1.98. The van der Waals surface area contributed by atoms with Crippen molar-refractivity contribution in [2.45, 2.75) is 19.9 Å². The molecule has 84 valence electrons. The van der Waals surface area contributed by atoms with Crippen molar-refractivity contribution in [3.8, 4) is 5.75 Å². The minimum atomic E-state index is -0.473. The number of benzene rings is 1. The van der Waals surface area contributed by atoms with Crippen LogP contribution in [0.15, 0.2) is 24.3 Å². The van der Waals surface area contributed by atoms with E-state index in [1.165, 1.54) is 12.1 Å². The normalized spacial score (nSPS) is 12.0. The van der Waals surface area contributed by atoms with Gasteiger partial charge in [-0.3, -0.25) is 4.79 Å². The van der Waals surface area contributed by atoms with Gasteiger partial charge in [0, 0.05) is 5.56 Å². The van der Waals surface area contributed by atoms with Crippen LogP contribution >= 0.6 is 12.4 Å². The smallest absolute Gasteiger partial charge is 0.179 e. The molecule has 1 atom stereocenters. The Labute approximate surface area is 95.7 Å². The van der Waals surface area contributed by atoms with Crippen LogP contribution in [-0.4, -0.2) is 16.9 Å². The molecule has 0 aromatic heterocycles. The SMILES string of the molecule is CC(C)C(N)C(=O)c1ccc(O)cc1.Cl. The molecule has 0 saturated carbocycles.